The third-order valence-corrected chi connectivity index (χ3v) is 5.08. The number of piperazine rings is 1. The van der Waals surface area contributed by atoms with Crippen molar-refractivity contribution in [3.63, 3.8) is 0 Å². The predicted octanol–water partition coefficient (Wildman–Crippen LogP) is 3.99. The van der Waals surface area contributed by atoms with Crippen molar-refractivity contribution in [2.75, 3.05) is 26.2 Å². The first kappa shape index (κ1) is 18.9. The monoisotopic (exact) mass is 371 g/mol. The third kappa shape index (κ3) is 4.63. The Bertz CT molecular complexity index is 742. The van der Waals surface area contributed by atoms with Gasteiger partial charge in [0, 0.05) is 38.9 Å². The zero-order valence-electron chi connectivity index (χ0n) is 15.7. The smallest absolute Gasteiger partial charge is 0.255 e. The maximum absolute atomic E-state index is 12.5. The minimum atomic E-state index is 0.0309. The molecule has 138 valence electrons. The van der Waals surface area contributed by atoms with Crippen LogP contribution in [0, 0.1) is 0 Å². The minimum Gasteiger partial charge on any atom is -0.336 e. The van der Waals surface area contributed by atoms with E-state index in [1.165, 1.54) is 11.1 Å². The van der Waals surface area contributed by atoms with Crippen LogP contribution < -0.4 is 0 Å². The molecule has 0 N–H and O–H groups in total. The summed E-state index contributed by atoms with van der Waals surface area (Å²) < 4.78 is 0. The molecule has 3 rings (SSSR count). The lowest BCUT2D eigenvalue weighted by molar-refractivity contribution is 0.0628. The lowest BCUT2D eigenvalue weighted by atomic mass is 9.87. The Morgan fingerprint density at radius 2 is 1.69 bits per heavy atom. The van der Waals surface area contributed by atoms with Gasteiger partial charge in [0.25, 0.3) is 5.91 Å². The maximum Gasteiger partial charge on any atom is 0.255 e. The van der Waals surface area contributed by atoms with Gasteiger partial charge in [0.2, 0.25) is 0 Å². The molecule has 0 saturated carbocycles. The molecule has 2 heterocycles. The van der Waals surface area contributed by atoms with Gasteiger partial charge in [-0.25, -0.2) is 4.98 Å². The van der Waals surface area contributed by atoms with E-state index >= 15 is 0 Å². The molecule has 26 heavy (non-hydrogen) atoms. The summed E-state index contributed by atoms with van der Waals surface area (Å²) in [5.41, 5.74) is 3.45. The summed E-state index contributed by atoms with van der Waals surface area (Å²) in [5, 5.41) is 0.406. The van der Waals surface area contributed by atoms with Gasteiger partial charge in [0.1, 0.15) is 5.15 Å². The van der Waals surface area contributed by atoms with Crippen LogP contribution in [0.25, 0.3) is 0 Å². The van der Waals surface area contributed by atoms with Crippen LogP contribution in [0.2, 0.25) is 5.15 Å². The van der Waals surface area contributed by atoms with Gasteiger partial charge in [0.05, 0.1) is 5.56 Å². The summed E-state index contributed by atoms with van der Waals surface area (Å²) in [4.78, 5) is 20.8. The van der Waals surface area contributed by atoms with Gasteiger partial charge in [0.15, 0.2) is 0 Å². The van der Waals surface area contributed by atoms with Crippen LogP contribution in [0.5, 0.6) is 0 Å². The van der Waals surface area contributed by atoms with E-state index in [0.717, 1.165) is 32.7 Å². The van der Waals surface area contributed by atoms with Crippen molar-refractivity contribution in [3.8, 4) is 0 Å². The molecule has 4 nitrogen and oxygen atoms in total. The van der Waals surface area contributed by atoms with Crippen molar-refractivity contribution in [1.29, 1.82) is 0 Å². The summed E-state index contributed by atoms with van der Waals surface area (Å²) in [6, 6.07) is 12.3. The lowest BCUT2D eigenvalue weighted by Gasteiger charge is -2.34. The highest BCUT2D eigenvalue weighted by atomic mass is 35.5. The Hall–Kier alpha value is -1.91. The van der Waals surface area contributed by atoms with E-state index in [0.29, 0.717) is 10.7 Å². The quantitative estimate of drug-likeness (QED) is 0.765. The number of hydrogen-bond donors (Lipinski definition) is 0. The number of halogens is 1. The average Bonchev–Trinajstić information content (AvgIpc) is 2.62. The van der Waals surface area contributed by atoms with E-state index in [-0.39, 0.29) is 11.3 Å². The van der Waals surface area contributed by atoms with E-state index in [9.17, 15) is 4.79 Å². The molecule has 1 fully saturated rings. The number of carbonyl (C=O) groups is 1. The van der Waals surface area contributed by atoms with Gasteiger partial charge in [-0.1, -0.05) is 56.6 Å². The van der Waals surface area contributed by atoms with Crippen LogP contribution in [0.3, 0.4) is 0 Å². The van der Waals surface area contributed by atoms with Crippen molar-refractivity contribution < 1.29 is 4.79 Å². The fourth-order valence-electron chi connectivity index (χ4n) is 3.16. The van der Waals surface area contributed by atoms with Gasteiger partial charge in [-0.15, -0.1) is 0 Å². The molecule has 1 aromatic heterocycles. The number of amides is 1. The lowest BCUT2D eigenvalue weighted by Crippen LogP contribution is -2.48. The number of pyridine rings is 1. The zero-order chi connectivity index (χ0) is 18.7. The molecule has 1 amide bonds. The zero-order valence-corrected chi connectivity index (χ0v) is 16.5. The topological polar surface area (TPSA) is 36.4 Å². The van der Waals surface area contributed by atoms with Crippen molar-refractivity contribution in [1.82, 2.24) is 14.8 Å². The maximum atomic E-state index is 12.5. The standard InChI is InChI=1S/C21H26ClN3O/c1-21(2,3)18-7-4-16(5-8-18)15-24-10-12-25(13-11-24)20(26)17-6-9-19(22)23-14-17/h4-9,14H,10-13,15H2,1-3H3. The average molecular weight is 372 g/mol. The molecule has 1 aromatic carbocycles. The first-order chi connectivity index (χ1) is 12.3. The number of aromatic nitrogens is 1. The first-order valence-corrected chi connectivity index (χ1v) is 9.43. The van der Waals surface area contributed by atoms with E-state index in [2.05, 4.69) is 54.9 Å². The van der Waals surface area contributed by atoms with Gasteiger partial charge in [-0.05, 0) is 28.7 Å². The molecule has 0 bridgehead atoms. The van der Waals surface area contributed by atoms with Gasteiger partial charge in [-0.3, -0.25) is 9.69 Å². The summed E-state index contributed by atoms with van der Waals surface area (Å²) in [5.74, 6) is 0.0309. The Kier molecular flexibility index (Phi) is 5.64. The predicted molar refractivity (Wildman–Crippen MR) is 106 cm³/mol. The van der Waals surface area contributed by atoms with Crippen LogP contribution in [0.1, 0.15) is 42.3 Å². The molecule has 0 unspecified atom stereocenters. The van der Waals surface area contributed by atoms with E-state index in [4.69, 9.17) is 11.6 Å². The van der Waals surface area contributed by atoms with Crippen LogP contribution in [0.15, 0.2) is 42.6 Å². The molecule has 0 spiro atoms. The fraction of sp³-hybridized carbons (Fsp3) is 0.429. The number of rotatable bonds is 3. The normalized spacial score (nSPS) is 15.9. The van der Waals surface area contributed by atoms with Crippen molar-refractivity contribution in [2.24, 2.45) is 0 Å². The molecule has 0 radical (unpaired) electrons. The number of carbonyl (C=O) groups excluding carboxylic acids is 1. The summed E-state index contributed by atoms with van der Waals surface area (Å²) in [6.45, 7) is 10.9. The molecule has 5 heteroatoms. The van der Waals surface area contributed by atoms with E-state index in [1.807, 2.05) is 4.90 Å². The molecule has 1 aliphatic heterocycles. The Morgan fingerprint density at radius 1 is 1.04 bits per heavy atom. The largest absolute Gasteiger partial charge is 0.336 e. The fourth-order valence-corrected chi connectivity index (χ4v) is 3.27. The third-order valence-electron chi connectivity index (χ3n) is 4.86. The summed E-state index contributed by atoms with van der Waals surface area (Å²) >= 11 is 5.79. The molecule has 2 aromatic rings. The highest BCUT2D eigenvalue weighted by Gasteiger charge is 2.22. The molecule has 0 atom stereocenters. The second-order valence-corrected chi connectivity index (χ2v) is 8.27. The van der Waals surface area contributed by atoms with Gasteiger partial charge < -0.3 is 4.90 Å². The van der Waals surface area contributed by atoms with Crippen molar-refractivity contribution >= 4 is 17.5 Å². The first-order valence-electron chi connectivity index (χ1n) is 9.05. The molecule has 0 aliphatic carbocycles. The van der Waals surface area contributed by atoms with Crippen LogP contribution >= 0.6 is 11.6 Å². The molecular weight excluding hydrogens is 346 g/mol. The Morgan fingerprint density at radius 3 is 2.23 bits per heavy atom. The van der Waals surface area contributed by atoms with Crippen LogP contribution in [-0.2, 0) is 12.0 Å². The second-order valence-electron chi connectivity index (χ2n) is 7.88. The number of nitrogens with zero attached hydrogens (tertiary/aromatic N) is 3. The molecule has 1 saturated heterocycles. The van der Waals surface area contributed by atoms with Gasteiger partial charge >= 0.3 is 0 Å². The van der Waals surface area contributed by atoms with E-state index in [1.54, 1.807) is 18.3 Å². The van der Waals surface area contributed by atoms with E-state index < -0.39 is 0 Å². The Labute approximate surface area is 160 Å². The highest BCUT2D eigenvalue weighted by Crippen LogP contribution is 2.22. The van der Waals surface area contributed by atoms with Crippen molar-refractivity contribution in [3.05, 3.63) is 64.4 Å². The van der Waals surface area contributed by atoms with Gasteiger partial charge in [-0.2, -0.15) is 0 Å². The minimum absolute atomic E-state index is 0.0309. The van der Waals surface area contributed by atoms with Crippen molar-refractivity contribution in [2.45, 2.75) is 32.7 Å². The highest BCUT2D eigenvalue weighted by molar-refractivity contribution is 6.29. The number of hydrogen-bond acceptors (Lipinski definition) is 3. The molecule has 1 aliphatic rings. The van der Waals surface area contributed by atoms with Crippen LogP contribution in [0.4, 0.5) is 0 Å². The van der Waals surface area contributed by atoms with Crippen LogP contribution in [-0.4, -0.2) is 46.9 Å². The second kappa shape index (κ2) is 7.77. The number of benzene rings is 1. The Balaban J connectivity index is 1.53. The summed E-state index contributed by atoms with van der Waals surface area (Å²) in [7, 11) is 0. The SMILES string of the molecule is CC(C)(C)c1ccc(CN2CCN(C(=O)c3ccc(Cl)nc3)CC2)cc1. The summed E-state index contributed by atoms with van der Waals surface area (Å²) in [6.07, 6.45) is 1.55. The molecular formula is C21H26ClN3O.